The van der Waals surface area contributed by atoms with Crippen LogP contribution in [0.25, 0.3) is 0 Å². The molecule has 0 bridgehead atoms. The van der Waals surface area contributed by atoms with E-state index in [9.17, 15) is 0 Å². The number of benzene rings is 1. The molecule has 1 aromatic carbocycles. The van der Waals surface area contributed by atoms with Crippen LogP contribution in [0.15, 0.2) is 30.3 Å². The number of quaternary nitrogens is 1. The molecule has 0 heterocycles. The third kappa shape index (κ3) is 6.44. The van der Waals surface area contributed by atoms with Crippen LogP contribution < -0.4 is 5.73 Å². The van der Waals surface area contributed by atoms with Crippen molar-refractivity contribution in [3.8, 4) is 0 Å². The summed E-state index contributed by atoms with van der Waals surface area (Å²) in [6, 6.07) is 10.8. The summed E-state index contributed by atoms with van der Waals surface area (Å²) in [6.45, 7) is 3.21. The van der Waals surface area contributed by atoms with Crippen molar-refractivity contribution < 1.29 is 4.48 Å². The normalized spacial score (nSPS) is 11.7. The lowest BCUT2D eigenvalue weighted by atomic mass is 10.1. The molecular weight excluding hydrogens is 208 g/mol. The zero-order chi connectivity index (χ0) is 12.6. The van der Waals surface area contributed by atoms with Crippen LogP contribution in [-0.2, 0) is 6.54 Å². The molecule has 0 unspecified atom stereocenters. The molecule has 17 heavy (non-hydrogen) atoms. The Bertz CT molecular complexity index is 293. The molecule has 2 nitrogen and oxygen atoms in total. The molecule has 2 heteroatoms. The van der Waals surface area contributed by atoms with Gasteiger partial charge >= 0.3 is 0 Å². The highest BCUT2D eigenvalue weighted by Gasteiger charge is 2.14. The van der Waals surface area contributed by atoms with Crippen LogP contribution in [0.2, 0.25) is 0 Å². The van der Waals surface area contributed by atoms with E-state index in [1.165, 1.54) is 37.8 Å². The van der Waals surface area contributed by atoms with E-state index in [1.54, 1.807) is 0 Å². The zero-order valence-electron chi connectivity index (χ0n) is 11.4. The highest BCUT2D eigenvalue weighted by Crippen LogP contribution is 2.11. The Hall–Kier alpha value is -0.860. The van der Waals surface area contributed by atoms with E-state index in [0.717, 1.165) is 17.6 Å². The second kappa shape index (κ2) is 7.46. The van der Waals surface area contributed by atoms with E-state index in [-0.39, 0.29) is 0 Å². The second-order valence-electron chi connectivity index (χ2n) is 5.51. The van der Waals surface area contributed by atoms with Crippen LogP contribution >= 0.6 is 0 Å². The maximum absolute atomic E-state index is 5.49. The van der Waals surface area contributed by atoms with Crippen molar-refractivity contribution in [2.45, 2.75) is 32.2 Å². The Morgan fingerprint density at radius 3 is 2.24 bits per heavy atom. The first-order valence-corrected chi connectivity index (χ1v) is 6.70. The summed E-state index contributed by atoms with van der Waals surface area (Å²) >= 11 is 0. The van der Waals surface area contributed by atoms with Crippen molar-refractivity contribution in [1.29, 1.82) is 0 Å². The predicted octanol–water partition coefficient (Wildman–Crippen LogP) is 2.78. The molecule has 0 aliphatic carbocycles. The first kappa shape index (κ1) is 14.2. The minimum absolute atomic E-state index is 0.836. The summed E-state index contributed by atoms with van der Waals surface area (Å²) in [4.78, 5) is 0. The summed E-state index contributed by atoms with van der Waals surface area (Å²) < 4.78 is 1.08. The van der Waals surface area contributed by atoms with Gasteiger partial charge in [0.2, 0.25) is 0 Å². The smallest absolute Gasteiger partial charge is 0.104 e. The average Bonchev–Trinajstić information content (AvgIpc) is 2.29. The highest BCUT2D eigenvalue weighted by molar-refractivity contribution is 5.13. The van der Waals surface area contributed by atoms with E-state index in [0.29, 0.717) is 0 Å². The quantitative estimate of drug-likeness (QED) is 0.544. The van der Waals surface area contributed by atoms with Gasteiger partial charge in [-0.1, -0.05) is 36.8 Å². The summed E-state index contributed by atoms with van der Waals surface area (Å²) in [5.74, 6) is 0. The monoisotopic (exact) mass is 235 g/mol. The first-order valence-electron chi connectivity index (χ1n) is 6.70. The van der Waals surface area contributed by atoms with Gasteiger partial charge in [0.05, 0.1) is 20.6 Å². The molecular formula is C15H27N2+. The molecule has 0 aliphatic rings. The molecule has 0 atom stereocenters. The molecule has 0 amide bonds. The molecule has 96 valence electrons. The van der Waals surface area contributed by atoms with Gasteiger partial charge in [-0.15, -0.1) is 0 Å². The predicted molar refractivity (Wildman–Crippen MR) is 74.6 cm³/mol. The lowest BCUT2D eigenvalue weighted by Crippen LogP contribution is -2.39. The Morgan fingerprint density at radius 2 is 1.59 bits per heavy atom. The van der Waals surface area contributed by atoms with Gasteiger partial charge in [0.1, 0.15) is 6.54 Å². The van der Waals surface area contributed by atoms with E-state index in [4.69, 9.17) is 5.73 Å². The van der Waals surface area contributed by atoms with Crippen molar-refractivity contribution >= 4 is 0 Å². The topological polar surface area (TPSA) is 26.0 Å². The third-order valence-corrected chi connectivity index (χ3v) is 3.17. The van der Waals surface area contributed by atoms with Gasteiger partial charge in [0, 0.05) is 5.56 Å². The van der Waals surface area contributed by atoms with Crippen LogP contribution in [0.3, 0.4) is 0 Å². The third-order valence-electron chi connectivity index (χ3n) is 3.17. The largest absolute Gasteiger partial charge is 0.330 e. The van der Waals surface area contributed by atoms with E-state index in [2.05, 4.69) is 44.4 Å². The first-order chi connectivity index (χ1) is 8.14. The van der Waals surface area contributed by atoms with Gasteiger partial charge < -0.3 is 10.2 Å². The average molecular weight is 235 g/mol. The molecule has 0 spiro atoms. The summed E-state index contributed by atoms with van der Waals surface area (Å²) in [7, 11) is 4.63. The van der Waals surface area contributed by atoms with Gasteiger partial charge in [0.25, 0.3) is 0 Å². The van der Waals surface area contributed by atoms with Crippen LogP contribution in [0.1, 0.15) is 31.2 Å². The van der Waals surface area contributed by atoms with E-state index in [1.807, 2.05) is 0 Å². The maximum Gasteiger partial charge on any atom is 0.104 e. The van der Waals surface area contributed by atoms with Gasteiger partial charge in [-0.05, 0) is 25.8 Å². The SMILES string of the molecule is C[N+](C)(CCCCCCN)Cc1ccccc1. The molecule has 0 saturated carbocycles. The standard InChI is InChI=1S/C15H27N2/c1-17(2,13-9-4-3-8-12-16)14-15-10-6-5-7-11-15/h5-7,10-11H,3-4,8-9,12-14,16H2,1-2H3/q+1. The Labute approximate surface area is 106 Å². The maximum atomic E-state index is 5.49. The van der Waals surface area contributed by atoms with Crippen LogP contribution in [0, 0.1) is 0 Å². The van der Waals surface area contributed by atoms with Crippen molar-refractivity contribution in [1.82, 2.24) is 0 Å². The fourth-order valence-corrected chi connectivity index (χ4v) is 2.19. The van der Waals surface area contributed by atoms with Crippen LogP contribution in [0.4, 0.5) is 0 Å². The highest BCUT2D eigenvalue weighted by atomic mass is 15.3. The Morgan fingerprint density at radius 1 is 0.941 bits per heavy atom. The van der Waals surface area contributed by atoms with Crippen LogP contribution in [-0.4, -0.2) is 31.7 Å². The number of nitrogens with two attached hydrogens (primary N) is 1. The van der Waals surface area contributed by atoms with Crippen molar-refractivity contribution in [3.05, 3.63) is 35.9 Å². The van der Waals surface area contributed by atoms with Crippen molar-refractivity contribution in [2.24, 2.45) is 5.73 Å². The molecule has 1 aromatic rings. The number of unbranched alkanes of at least 4 members (excludes halogenated alkanes) is 3. The van der Waals surface area contributed by atoms with E-state index < -0.39 is 0 Å². The van der Waals surface area contributed by atoms with Gasteiger partial charge in [-0.25, -0.2) is 0 Å². The fraction of sp³-hybridized carbons (Fsp3) is 0.600. The zero-order valence-corrected chi connectivity index (χ0v) is 11.4. The van der Waals surface area contributed by atoms with Crippen LogP contribution in [0.5, 0.6) is 0 Å². The van der Waals surface area contributed by atoms with Gasteiger partial charge in [-0.2, -0.15) is 0 Å². The van der Waals surface area contributed by atoms with Crippen molar-refractivity contribution in [2.75, 3.05) is 27.2 Å². The lowest BCUT2D eigenvalue weighted by molar-refractivity contribution is -0.903. The number of nitrogens with zero attached hydrogens (tertiary/aromatic N) is 1. The van der Waals surface area contributed by atoms with Crippen molar-refractivity contribution in [3.63, 3.8) is 0 Å². The summed E-state index contributed by atoms with van der Waals surface area (Å²) in [5.41, 5.74) is 6.92. The number of rotatable bonds is 8. The molecule has 0 aliphatic heterocycles. The molecule has 0 aromatic heterocycles. The molecule has 0 fully saturated rings. The lowest BCUT2D eigenvalue weighted by Gasteiger charge is -2.30. The Kier molecular flexibility index (Phi) is 6.23. The minimum Gasteiger partial charge on any atom is -0.330 e. The molecule has 0 saturated heterocycles. The molecule has 2 N–H and O–H groups in total. The molecule has 0 radical (unpaired) electrons. The van der Waals surface area contributed by atoms with E-state index >= 15 is 0 Å². The summed E-state index contributed by atoms with van der Waals surface area (Å²) in [6.07, 6.45) is 5.07. The Balaban J connectivity index is 2.26. The van der Waals surface area contributed by atoms with Gasteiger partial charge in [-0.3, -0.25) is 0 Å². The second-order valence-corrected chi connectivity index (χ2v) is 5.51. The number of hydrogen-bond donors (Lipinski definition) is 1. The minimum atomic E-state index is 0.836. The van der Waals surface area contributed by atoms with Gasteiger partial charge in [0.15, 0.2) is 0 Å². The molecule has 1 rings (SSSR count). The fourth-order valence-electron chi connectivity index (χ4n) is 2.19. The number of hydrogen-bond acceptors (Lipinski definition) is 1. The summed E-state index contributed by atoms with van der Waals surface area (Å²) in [5, 5.41) is 0.